The van der Waals surface area contributed by atoms with Gasteiger partial charge in [-0.3, -0.25) is 0 Å². The number of piperazine rings is 1. The number of anilines is 1. The number of ether oxygens (including phenoxy) is 1. The van der Waals surface area contributed by atoms with Gasteiger partial charge in [-0.2, -0.15) is 15.1 Å². The number of nitrogens with zero attached hydrogens (tertiary/aromatic N) is 5. The molecule has 0 spiro atoms. The summed E-state index contributed by atoms with van der Waals surface area (Å²) >= 11 is 13.2. The van der Waals surface area contributed by atoms with Gasteiger partial charge < -0.3 is 15.0 Å². The van der Waals surface area contributed by atoms with Gasteiger partial charge in [-0.15, -0.1) is 0 Å². The second-order valence-electron chi connectivity index (χ2n) is 8.13. The van der Waals surface area contributed by atoms with Crippen molar-refractivity contribution >= 4 is 50.8 Å². The van der Waals surface area contributed by atoms with Crippen molar-refractivity contribution in [2.75, 3.05) is 25.1 Å². The summed E-state index contributed by atoms with van der Waals surface area (Å²) in [6.45, 7) is 1.81. The molecule has 0 radical (unpaired) electrons. The van der Waals surface area contributed by atoms with Crippen LogP contribution in [0.4, 0.5) is 5.82 Å². The summed E-state index contributed by atoms with van der Waals surface area (Å²) in [4.78, 5) is 11.6. The zero-order chi connectivity index (χ0) is 21.1. The molecule has 2 atom stereocenters. The summed E-state index contributed by atoms with van der Waals surface area (Å²) < 4.78 is 7.19. The average Bonchev–Trinajstić information content (AvgIpc) is 3.36. The van der Waals surface area contributed by atoms with E-state index in [0.29, 0.717) is 33.8 Å². The maximum Gasteiger partial charge on any atom is 0.318 e. The number of methoxy groups -OCH3 is 1. The predicted molar refractivity (Wildman–Crippen MR) is 123 cm³/mol. The SMILES string of the molecule is COc1nc(N2CC3CCC(C2)N3)c2cc(Cl)c(-n3ncc4cccc(Cl)c43)cc2n1. The van der Waals surface area contributed by atoms with Crippen molar-refractivity contribution < 1.29 is 4.74 Å². The van der Waals surface area contributed by atoms with E-state index in [0.717, 1.165) is 40.7 Å². The lowest BCUT2D eigenvalue weighted by molar-refractivity contribution is 0.380. The molecule has 4 aromatic rings. The topological polar surface area (TPSA) is 68.1 Å². The molecule has 2 aliphatic rings. The Balaban J connectivity index is 1.54. The van der Waals surface area contributed by atoms with Gasteiger partial charge in [0.2, 0.25) is 0 Å². The largest absolute Gasteiger partial charge is 0.467 e. The summed E-state index contributed by atoms with van der Waals surface area (Å²) in [5.74, 6) is 0.858. The minimum absolute atomic E-state index is 0.338. The molecule has 0 saturated carbocycles. The molecule has 6 rings (SSSR count). The molecule has 2 fully saturated rings. The highest BCUT2D eigenvalue weighted by Crippen LogP contribution is 2.36. The maximum absolute atomic E-state index is 6.78. The van der Waals surface area contributed by atoms with E-state index in [1.165, 1.54) is 12.8 Å². The smallest absolute Gasteiger partial charge is 0.318 e. The number of hydrogen-bond donors (Lipinski definition) is 1. The third-order valence-electron chi connectivity index (χ3n) is 6.19. The quantitative estimate of drug-likeness (QED) is 0.499. The summed E-state index contributed by atoms with van der Waals surface area (Å²) in [6, 6.07) is 10.9. The van der Waals surface area contributed by atoms with Crippen LogP contribution in [0, 0.1) is 0 Å². The van der Waals surface area contributed by atoms with Crippen LogP contribution in [0.1, 0.15) is 12.8 Å². The van der Waals surface area contributed by atoms with Gasteiger partial charge in [0.1, 0.15) is 5.82 Å². The lowest BCUT2D eigenvalue weighted by Crippen LogP contribution is -2.51. The van der Waals surface area contributed by atoms with Crippen LogP contribution in [-0.4, -0.2) is 52.0 Å². The molecule has 0 aliphatic carbocycles. The Morgan fingerprint density at radius 2 is 1.87 bits per heavy atom. The van der Waals surface area contributed by atoms with Crippen LogP contribution >= 0.6 is 23.2 Å². The van der Waals surface area contributed by atoms with Crippen LogP contribution in [-0.2, 0) is 0 Å². The molecular weight excluding hydrogens is 435 g/mol. The monoisotopic (exact) mass is 454 g/mol. The average molecular weight is 455 g/mol. The third-order valence-corrected chi connectivity index (χ3v) is 6.80. The normalized spacial score (nSPS) is 20.7. The standard InChI is InChI=1S/C22H20Cl2N6O/c1-31-22-27-18-8-19(30-20-12(9-25-30)3-2-4-16(20)23)17(24)7-15(18)21(28-22)29-10-13-5-6-14(11-29)26-13/h2-4,7-9,13-14,26H,5-6,10-11H2,1H3. The Hall–Kier alpha value is -2.61. The van der Waals surface area contributed by atoms with E-state index >= 15 is 0 Å². The van der Waals surface area contributed by atoms with Gasteiger partial charge in [0.25, 0.3) is 0 Å². The molecular formula is C22H20Cl2N6O. The van der Waals surface area contributed by atoms with Gasteiger partial charge in [0.05, 0.1) is 40.1 Å². The molecule has 1 N–H and O–H groups in total. The molecule has 158 valence electrons. The first-order chi connectivity index (χ1) is 15.1. The van der Waals surface area contributed by atoms with E-state index in [1.54, 1.807) is 18.0 Å². The molecule has 4 heterocycles. The molecule has 2 aromatic carbocycles. The Morgan fingerprint density at radius 1 is 1.06 bits per heavy atom. The second kappa shape index (κ2) is 7.22. The van der Waals surface area contributed by atoms with Crippen molar-refractivity contribution in [3.05, 3.63) is 46.6 Å². The zero-order valence-electron chi connectivity index (χ0n) is 16.8. The molecule has 0 amide bonds. The van der Waals surface area contributed by atoms with Gasteiger partial charge in [0, 0.05) is 35.9 Å². The van der Waals surface area contributed by atoms with Gasteiger partial charge in [0.15, 0.2) is 0 Å². The minimum Gasteiger partial charge on any atom is -0.467 e. The second-order valence-corrected chi connectivity index (χ2v) is 8.95. The first-order valence-electron chi connectivity index (χ1n) is 10.3. The van der Waals surface area contributed by atoms with Crippen molar-refractivity contribution in [2.24, 2.45) is 0 Å². The predicted octanol–water partition coefficient (Wildman–Crippen LogP) is 4.22. The Labute approximate surface area is 188 Å². The highest BCUT2D eigenvalue weighted by molar-refractivity contribution is 6.35. The number of rotatable bonds is 3. The molecule has 7 nitrogen and oxygen atoms in total. The number of para-hydroxylation sites is 1. The summed E-state index contributed by atoms with van der Waals surface area (Å²) in [5, 5.41) is 11.2. The van der Waals surface area contributed by atoms with E-state index in [1.807, 2.05) is 30.3 Å². The fourth-order valence-electron chi connectivity index (χ4n) is 4.79. The summed E-state index contributed by atoms with van der Waals surface area (Å²) in [6.07, 6.45) is 4.17. The lowest BCUT2D eigenvalue weighted by atomic mass is 10.1. The molecule has 2 unspecified atom stereocenters. The molecule has 9 heteroatoms. The van der Waals surface area contributed by atoms with E-state index in [9.17, 15) is 0 Å². The molecule has 31 heavy (non-hydrogen) atoms. The first kappa shape index (κ1) is 19.1. The Kier molecular flexibility index (Phi) is 4.45. The number of fused-ring (bicyclic) bond motifs is 4. The maximum atomic E-state index is 6.78. The lowest BCUT2D eigenvalue weighted by Gasteiger charge is -2.34. The van der Waals surface area contributed by atoms with Gasteiger partial charge in [-0.1, -0.05) is 35.3 Å². The van der Waals surface area contributed by atoms with E-state index in [2.05, 4.69) is 20.3 Å². The number of halogens is 2. The van der Waals surface area contributed by atoms with Crippen LogP contribution in [0.15, 0.2) is 36.5 Å². The van der Waals surface area contributed by atoms with Gasteiger partial charge in [-0.25, -0.2) is 4.68 Å². The van der Waals surface area contributed by atoms with E-state index in [-0.39, 0.29) is 0 Å². The zero-order valence-corrected chi connectivity index (χ0v) is 18.4. The Bertz CT molecular complexity index is 1310. The van der Waals surface area contributed by atoms with Crippen molar-refractivity contribution in [1.29, 1.82) is 0 Å². The fraction of sp³-hybridized carbons (Fsp3) is 0.318. The summed E-state index contributed by atoms with van der Waals surface area (Å²) in [7, 11) is 1.59. The number of nitrogens with one attached hydrogen (secondary N) is 1. The molecule has 2 saturated heterocycles. The van der Waals surface area contributed by atoms with Crippen LogP contribution in [0.3, 0.4) is 0 Å². The Morgan fingerprint density at radius 3 is 2.65 bits per heavy atom. The van der Waals surface area contributed by atoms with Gasteiger partial charge in [-0.05, 0) is 31.0 Å². The molecule has 2 bridgehead atoms. The number of benzene rings is 2. The highest BCUT2D eigenvalue weighted by Gasteiger charge is 2.33. The van der Waals surface area contributed by atoms with Crippen LogP contribution in [0.25, 0.3) is 27.5 Å². The molecule has 2 aromatic heterocycles. The van der Waals surface area contributed by atoms with Crippen LogP contribution in [0.5, 0.6) is 6.01 Å². The van der Waals surface area contributed by atoms with Gasteiger partial charge >= 0.3 is 6.01 Å². The van der Waals surface area contributed by atoms with Crippen LogP contribution < -0.4 is 15.0 Å². The number of hydrogen-bond acceptors (Lipinski definition) is 6. The first-order valence-corrected chi connectivity index (χ1v) is 11.0. The van der Waals surface area contributed by atoms with Crippen molar-refractivity contribution in [1.82, 2.24) is 25.1 Å². The molecule has 2 aliphatic heterocycles. The fourth-order valence-corrected chi connectivity index (χ4v) is 5.29. The number of aromatic nitrogens is 4. The summed E-state index contributed by atoms with van der Waals surface area (Å²) in [5.41, 5.74) is 2.28. The highest BCUT2D eigenvalue weighted by atomic mass is 35.5. The minimum atomic E-state index is 0.338. The van der Waals surface area contributed by atoms with Crippen molar-refractivity contribution in [3.8, 4) is 11.7 Å². The van der Waals surface area contributed by atoms with Crippen molar-refractivity contribution in [2.45, 2.75) is 24.9 Å². The van der Waals surface area contributed by atoms with Crippen molar-refractivity contribution in [3.63, 3.8) is 0 Å². The third kappa shape index (κ3) is 3.11. The van der Waals surface area contributed by atoms with Crippen LogP contribution in [0.2, 0.25) is 10.0 Å². The van der Waals surface area contributed by atoms with E-state index in [4.69, 9.17) is 32.9 Å². The van der Waals surface area contributed by atoms with E-state index < -0.39 is 0 Å².